The molecule has 0 spiro atoms. The SMILES string of the molecule is CC(C)(C)OC(=O)N1CC[C@@H]([S@@](=O)c2nc3ccc([N+](=O)[O-])cc3[nH]2)C1. The number of benzene rings is 1. The number of imidazole rings is 1. The third-order valence-corrected chi connectivity index (χ3v) is 5.51. The minimum absolute atomic E-state index is 0.0598. The molecule has 1 aromatic heterocycles. The van der Waals surface area contributed by atoms with E-state index in [1.165, 1.54) is 18.2 Å². The van der Waals surface area contributed by atoms with Gasteiger partial charge in [0.1, 0.15) is 5.60 Å². The average Bonchev–Trinajstić information content (AvgIpc) is 3.18. The van der Waals surface area contributed by atoms with Gasteiger partial charge in [-0.25, -0.2) is 9.78 Å². The van der Waals surface area contributed by atoms with Gasteiger partial charge in [-0.3, -0.25) is 14.3 Å². The molecule has 0 unspecified atom stereocenters. The summed E-state index contributed by atoms with van der Waals surface area (Å²) >= 11 is 0. The number of fused-ring (bicyclic) bond motifs is 1. The average molecular weight is 380 g/mol. The molecule has 0 bridgehead atoms. The number of hydrogen-bond acceptors (Lipinski definition) is 6. The van der Waals surface area contributed by atoms with Crippen LogP contribution in [0.25, 0.3) is 11.0 Å². The Morgan fingerprint density at radius 2 is 2.19 bits per heavy atom. The quantitative estimate of drug-likeness (QED) is 0.646. The zero-order valence-electron chi connectivity index (χ0n) is 14.7. The molecule has 0 radical (unpaired) electrons. The van der Waals surface area contributed by atoms with Gasteiger partial charge in [-0.2, -0.15) is 0 Å². The van der Waals surface area contributed by atoms with E-state index in [-0.39, 0.29) is 16.1 Å². The molecule has 10 heteroatoms. The number of aromatic nitrogens is 2. The summed E-state index contributed by atoms with van der Waals surface area (Å²) in [6.07, 6.45) is 0.153. The fourth-order valence-electron chi connectivity index (χ4n) is 2.74. The standard InChI is InChI=1S/C16H20N4O5S/c1-16(2,3)25-15(21)19-7-6-11(9-19)26(24)14-17-12-5-4-10(20(22)23)8-13(12)18-14/h4-5,8,11H,6-7,9H2,1-3H3,(H,17,18)/t11-,26-/m1/s1. The second-order valence-corrected chi connectivity index (χ2v) is 8.78. The molecule has 1 fully saturated rings. The number of nitro groups is 1. The first-order valence-corrected chi connectivity index (χ1v) is 9.38. The predicted octanol–water partition coefficient (Wildman–Crippen LogP) is 2.59. The molecule has 0 aliphatic carbocycles. The number of hydrogen-bond donors (Lipinski definition) is 1. The van der Waals surface area contributed by atoms with Gasteiger partial charge in [0.15, 0.2) is 5.16 Å². The molecule has 2 aromatic rings. The van der Waals surface area contributed by atoms with Gasteiger partial charge in [0, 0.05) is 25.2 Å². The van der Waals surface area contributed by atoms with Crippen molar-refractivity contribution in [3.05, 3.63) is 28.3 Å². The maximum atomic E-state index is 12.8. The number of aromatic amines is 1. The lowest BCUT2D eigenvalue weighted by Crippen LogP contribution is -2.36. The summed E-state index contributed by atoms with van der Waals surface area (Å²) in [6, 6.07) is 4.24. The fraction of sp³-hybridized carbons (Fsp3) is 0.500. The summed E-state index contributed by atoms with van der Waals surface area (Å²) in [5.74, 6) is 0. The smallest absolute Gasteiger partial charge is 0.410 e. The molecule has 26 heavy (non-hydrogen) atoms. The van der Waals surface area contributed by atoms with E-state index >= 15 is 0 Å². The van der Waals surface area contributed by atoms with E-state index in [0.717, 1.165) is 0 Å². The van der Waals surface area contributed by atoms with Crippen LogP contribution in [0.1, 0.15) is 27.2 Å². The summed E-state index contributed by atoms with van der Waals surface area (Å²) in [5, 5.41) is 10.9. The molecule has 140 valence electrons. The number of non-ortho nitro benzene ring substituents is 1. The van der Waals surface area contributed by atoms with Crippen molar-refractivity contribution in [2.24, 2.45) is 0 Å². The molecular formula is C16H20N4O5S. The first-order chi connectivity index (χ1) is 12.1. The molecule has 1 saturated heterocycles. The maximum absolute atomic E-state index is 12.8. The summed E-state index contributed by atoms with van der Waals surface area (Å²) in [5.41, 5.74) is 0.336. The van der Waals surface area contributed by atoms with Crippen molar-refractivity contribution in [2.45, 2.75) is 43.2 Å². The monoisotopic (exact) mass is 380 g/mol. The molecule has 9 nitrogen and oxygen atoms in total. The second-order valence-electron chi connectivity index (χ2n) is 7.13. The van der Waals surface area contributed by atoms with Crippen LogP contribution in [0, 0.1) is 10.1 Å². The molecule has 1 aliphatic heterocycles. The highest BCUT2D eigenvalue weighted by atomic mass is 32.2. The number of ether oxygens (including phenoxy) is 1. The Morgan fingerprint density at radius 1 is 1.46 bits per heavy atom. The summed E-state index contributed by atoms with van der Waals surface area (Å²) in [7, 11) is -1.46. The van der Waals surface area contributed by atoms with Gasteiger partial charge in [-0.15, -0.1) is 0 Å². The molecule has 1 aromatic carbocycles. The Bertz CT molecular complexity index is 888. The van der Waals surface area contributed by atoms with Crippen molar-refractivity contribution in [3.63, 3.8) is 0 Å². The molecule has 2 atom stereocenters. The van der Waals surface area contributed by atoms with Gasteiger partial charge in [0.25, 0.3) is 5.69 Å². The van der Waals surface area contributed by atoms with Crippen LogP contribution in [0.2, 0.25) is 0 Å². The van der Waals surface area contributed by atoms with Gasteiger partial charge < -0.3 is 14.6 Å². The Kier molecular flexibility index (Phi) is 4.70. The summed E-state index contributed by atoms with van der Waals surface area (Å²) in [4.78, 5) is 31.2. The number of nitro benzene ring substituents is 1. The first kappa shape index (κ1) is 18.3. The van der Waals surface area contributed by atoms with Crippen LogP contribution in [0.4, 0.5) is 10.5 Å². The molecule has 2 heterocycles. The van der Waals surface area contributed by atoms with Crippen LogP contribution >= 0.6 is 0 Å². The lowest BCUT2D eigenvalue weighted by Gasteiger charge is -2.24. The van der Waals surface area contributed by atoms with Crippen LogP contribution in [-0.4, -0.2) is 54.0 Å². The highest BCUT2D eigenvalue weighted by molar-refractivity contribution is 7.85. The van der Waals surface area contributed by atoms with E-state index in [0.29, 0.717) is 30.5 Å². The first-order valence-electron chi connectivity index (χ1n) is 8.17. The molecule has 1 aliphatic rings. The highest BCUT2D eigenvalue weighted by Gasteiger charge is 2.34. The van der Waals surface area contributed by atoms with Gasteiger partial charge in [-0.1, -0.05) is 0 Å². The van der Waals surface area contributed by atoms with Crippen LogP contribution in [0.5, 0.6) is 0 Å². The Labute approximate surface area is 152 Å². The van der Waals surface area contributed by atoms with Crippen molar-refractivity contribution in [3.8, 4) is 0 Å². The Balaban J connectivity index is 1.73. The number of nitrogens with one attached hydrogen (secondary N) is 1. The Morgan fingerprint density at radius 3 is 2.85 bits per heavy atom. The van der Waals surface area contributed by atoms with E-state index in [2.05, 4.69) is 9.97 Å². The largest absolute Gasteiger partial charge is 0.444 e. The normalized spacial score (nSPS) is 18.9. The third kappa shape index (κ3) is 3.85. The number of H-pyrrole nitrogens is 1. The topological polar surface area (TPSA) is 118 Å². The van der Waals surface area contributed by atoms with E-state index in [1.807, 2.05) is 0 Å². The third-order valence-electron chi connectivity index (χ3n) is 3.94. The molecule has 1 N–H and O–H groups in total. The number of amides is 1. The lowest BCUT2D eigenvalue weighted by molar-refractivity contribution is -0.384. The number of carbonyl (C=O) groups excluding carboxylic acids is 1. The van der Waals surface area contributed by atoms with Crippen molar-refractivity contribution in [1.82, 2.24) is 14.9 Å². The molecule has 1 amide bonds. The maximum Gasteiger partial charge on any atom is 0.410 e. The number of nitrogens with zero attached hydrogens (tertiary/aromatic N) is 3. The minimum Gasteiger partial charge on any atom is -0.444 e. The molecule has 0 saturated carbocycles. The van der Waals surface area contributed by atoms with Gasteiger partial charge in [0.2, 0.25) is 0 Å². The van der Waals surface area contributed by atoms with Crippen molar-refractivity contribution in [2.75, 3.05) is 13.1 Å². The van der Waals surface area contributed by atoms with E-state index in [1.54, 1.807) is 25.7 Å². The van der Waals surface area contributed by atoms with E-state index in [4.69, 9.17) is 4.74 Å². The van der Waals surface area contributed by atoms with E-state index in [9.17, 15) is 19.1 Å². The fourth-order valence-corrected chi connectivity index (χ4v) is 4.09. The minimum atomic E-state index is -1.46. The van der Waals surface area contributed by atoms with Crippen LogP contribution in [0.3, 0.4) is 0 Å². The summed E-state index contributed by atoms with van der Waals surface area (Å²) in [6.45, 7) is 6.17. The lowest BCUT2D eigenvalue weighted by atomic mass is 10.2. The molecular weight excluding hydrogens is 360 g/mol. The van der Waals surface area contributed by atoms with Gasteiger partial charge in [0.05, 0.1) is 32.0 Å². The van der Waals surface area contributed by atoms with Crippen molar-refractivity contribution < 1.29 is 18.7 Å². The number of likely N-dealkylation sites (tertiary alicyclic amines) is 1. The van der Waals surface area contributed by atoms with Gasteiger partial charge >= 0.3 is 6.09 Å². The van der Waals surface area contributed by atoms with Gasteiger partial charge in [-0.05, 0) is 33.3 Å². The molecule has 3 rings (SSSR count). The number of carbonyl (C=O) groups is 1. The highest BCUT2D eigenvalue weighted by Crippen LogP contribution is 2.24. The predicted molar refractivity (Wildman–Crippen MR) is 95.4 cm³/mol. The Hall–Kier alpha value is -2.49. The van der Waals surface area contributed by atoms with Crippen LogP contribution in [-0.2, 0) is 15.5 Å². The zero-order chi connectivity index (χ0) is 19.1. The van der Waals surface area contributed by atoms with E-state index < -0.39 is 27.4 Å². The van der Waals surface area contributed by atoms with Crippen molar-refractivity contribution >= 4 is 33.6 Å². The van der Waals surface area contributed by atoms with Crippen LogP contribution in [0.15, 0.2) is 23.4 Å². The van der Waals surface area contributed by atoms with Crippen LogP contribution < -0.4 is 0 Å². The second kappa shape index (κ2) is 6.67. The van der Waals surface area contributed by atoms with Crippen molar-refractivity contribution in [1.29, 1.82) is 0 Å². The number of rotatable bonds is 3. The zero-order valence-corrected chi connectivity index (χ0v) is 15.5. The summed E-state index contributed by atoms with van der Waals surface area (Å²) < 4.78 is 18.1.